The summed E-state index contributed by atoms with van der Waals surface area (Å²) >= 11 is 0. The van der Waals surface area contributed by atoms with Crippen LogP contribution in [0, 0.1) is 0 Å². The summed E-state index contributed by atoms with van der Waals surface area (Å²) in [6.45, 7) is 11.6. The third-order valence-electron chi connectivity index (χ3n) is 4.58. The zero-order valence-corrected chi connectivity index (χ0v) is 13.5. The van der Waals surface area contributed by atoms with E-state index in [0.29, 0.717) is 12.1 Å². The molecule has 1 aliphatic heterocycles. The maximum Gasteiger partial charge on any atom is 0.0281 e. The molecule has 1 aliphatic rings. The van der Waals surface area contributed by atoms with E-state index in [1.807, 2.05) is 0 Å². The van der Waals surface area contributed by atoms with E-state index < -0.39 is 0 Å². The van der Waals surface area contributed by atoms with Gasteiger partial charge in [0, 0.05) is 30.7 Å². The second-order valence-electron chi connectivity index (χ2n) is 6.87. The van der Waals surface area contributed by atoms with Crippen molar-refractivity contribution in [1.82, 2.24) is 10.2 Å². The number of benzene rings is 1. The summed E-state index contributed by atoms with van der Waals surface area (Å²) in [7, 11) is 0. The fourth-order valence-corrected chi connectivity index (χ4v) is 3.43. The van der Waals surface area contributed by atoms with Crippen LogP contribution in [0.4, 0.5) is 0 Å². The Morgan fingerprint density at radius 2 is 2.00 bits per heavy atom. The molecule has 0 saturated carbocycles. The molecule has 2 heteroatoms. The average molecular weight is 274 g/mol. The molecule has 2 nitrogen and oxygen atoms in total. The second-order valence-corrected chi connectivity index (χ2v) is 6.87. The monoisotopic (exact) mass is 274 g/mol. The third kappa shape index (κ3) is 3.83. The molecule has 1 fully saturated rings. The van der Waals surface area contributed by atoms with E-state index >= 15 is 0 Å². The third-order valence-corrected chi connectivity index (χ3v) is 4.58. The molecule has 0 aliphatic carbocycles. The predicted octanol–water partition coefficient (Wildman–Crippen LogP) is 3.47. The highest BCUT2D eigenvalue weighted by molar-refractivity contribution is 5.16. The summed E-state index contributed by atoms with van der Waals surface area (Å²) in [5, 5.41) is 3.74. The minimum absolute atomic E-state index is 0.266. The van der Waals surface area contributed by atoms with E-state index in [-0.39, 0.29) is 5.54 Å². The van der Waals surface area contributed by atoms with Crippen LogP contribution in [0.3, 0.4) is 0 Å². The Hall–Kier alpha value is -0.860. The summed E-state index contributed by atoms with van der Waals surface area (Å²) in [5.41, 5.74) is 1.70. The van der Waals surface area contributed by atoms with Crippen molar-refractivity contribution < 1.29 is 0 Å². The Bertz CT molecular complexity index is 399. The number of hydrogen-bond donors (Lipinski definition) is 1. The van der Waals surface area contributed by atoms with Gasteiger partial charge in [0.1, 0.15) is 0 Å². The fraction of sp³-hybridized carbons (Fsp3) is 0.667. The van der Waals surface area contributed by atoms with Gasteiger partial charge in [-0.15, -0.1) is 0 Å². The molecule has 0 amide bonds. The van der Waals surface area contributed by atoms with Crippen LogP contribution in [0.1, 0.15) is 46.1 Å². The van der Waals surface area contributed by atoms with Crippen LogP contribution in [0.15, 0.2) is 30.3 Å². The topological polar surface area (TPSA) is 15.3 Å². The van der Waals surface area contributed by atoms with Crippen molar-refractivity contribution in [2.75, 3.05) is 13.1 Å². The molecule has 0 bridgehead atoms. The molecule has 20 heavy (non-hydrogen) atoms. The van der Waals surface area contributed by atoms with Gasteiger partial charge in [0.15, 0.2) is 0 Å². The minimum atomic E-state index is 0.266. The SMILES string of the molecule is CCCC(C)N1CC(Cc2ccccc2)NCC1(C)C. The van der Waals surface area contributed by atoms with E-state index in [0.717, 1.165) is 19.5 Å². The van der Waals surface area contributed by atoms with Crippen LogP contribution >= 0.6 is 0 Å². The molecule has 1 N–H and O–H groups in total. The Morgan fingerprint density at radius 1 is 1.30 bits per heavy atom. The lowest BCUT2D eigenvalue weighted by atomic mass is 9.92. The molecule has 1 aromatic carbocycles. The van der Waals surface area contributed by atoms with Gasteiger partial charge in [-0.3, -0.25) is 4.90 Å². The lowest BCUT2D eigenvalue weighted by Crippen LogP contribution is -2.64. The van der Waals surface area contributed by atoms with Gasteiger partial charge in [-0.25, -0.2) is 0 Å². The Kier molecular flexibility index (Phi) is 5.22. The number of rotatable bonds is 5. The van der Waals surface area contributed by atoms with Crippen LogP contribution in [0.2, 0.25) is 0 Å². The Labute approximate surface area is 124 Å². The Morgan fingerprint density at radius 3 is 2.65 bits per heavy atom. The summed E-state index contributed by atoms with van der Waals surface area (Å²) in [5.74, 6) is 0. The van der Waals surface area contributed by atoms with Crippen LogP contribution in [-0.2, 0) is 6.42 Å². The summed E-state index contributed by atoms with van der Waals surface area (Å²) < 4.78 is 0. The maximum atomic E-state index is 3.74. The molecule has 1 saturated heterocycles. The lowest BCUT2D eigenvalue weighted by Gasteiger charge is -2.49. The van der Waals surface area contributed by atoms with Gasteiger partial charge in [0.05, 0.1) is 0 Å². The standard InChI is InChI=1S/C18H30N2/c1-5-9-15(2)20-13-17(19-14-18(20,3)4)12-16-10-7-6-8-11-16/h6-8,10-11,15,17,19H,5,9,12-14H2,1-4H3. The first-order valence-electron chi connectivity index (χ1n) is 8.07. The van der Waals surface area contributed by atoms with Gasteiger partial charge in [0.2, 0.25) is 0 Å². The van der Waals surface area contributed by atoms with Crippen molar-refractivity contribution >= 4 is 0 Å². The van der Waals surface area contributed by atoms with E-state index in [9.17, 15) is 0 Å². The molecule has 0 spiro atoms. The van der Waals surface area contributed by atoms with E-state index in [4.69, 9.17) is 0 Å². The largest absolute Gasteiger partial charge is 0.311 e. The van der Waals surface area contributed by atoms with E-state index in [1.165, 1.54) is 18.4 Å². The number of hydrogen-bond acceptors (Lipinski definition) is 2. The van der Waals surface area contributed by atoms with Crippen molar-refractivity contribution in [2.45, 2.75) is 64.6 Å². The molecule has 112 valence electrons. The molecule has 0 radical (unpaired) electrons. The van der Waals surface area contributed by atoms with E-state index in [2.05, 4.69) is 68.2 Å². The highest BCUT2D eigenvalue weighted by atomic mass is 15.3. The number of nitrogens with zero attached hydrogens (tertiary/aromatic N) is 1. The maximum absolute atomic E-state index is 3.74. The molecule has 2 atom stereocenters. The van der Waals surface area contributed by atoms with Gasteiger partial charge in [0.25, 0.3) is 0 Å². The zero-order valence-electron chi connectivity index (χ0n) is 13.5. The first kappa shape index (κ1) is 15.5. The average Bonchev–Trinajstić information content (AvgIpc) is 2.42. The quantitative estimate of drug-likeness (QED) is 0.884. The molecule has 2 unspecified atom stereocenters. The molecule has 1 aromatic rings. The molecule has 1 heterocycles. The predicted molar refractivity (Wildman–Crippen MR) is 87.1 cm³/mol. The smallest absolute Gasteiger partial charge is 0.0281 e. The highest BCUT2D eigenvalue weighted by Gasteiger charge is 2.36. The van der Waals surface area contributed by atoms with E-state index in [1.54, 1.807) is 0 Å². The van der Waals surface area contributed by atoms with Gasteiger partial charge < -0.3 is 5.32 Å². The minimum Gasteiger partial charge on any atom is -0.311 e. The molecule has 0 aromatic heterocycles. The van der Waals surface area contributed by atoms with Gasteiger partial charge in [-0.1, -0.05) is 43.7 Å². The van der Waals surface area contributed by atoms with Crippen molar-refractivity contribution in [3.63, 3.8) is 0 Å². The van der Waals surface area contributed by atoms with Crippen molar-refractivity contribution in [3.8, 4) is 0 Å². The Balaban J connectivity index is 2.00. The van der Waals surface area contributed by atoms with Crippen molar-refractivity contribution in [3.05, 3.63) is 35.9 Å². The summed E-state index contributed by atoms with van der Waals surface area (Å²) in [6.07, 6.45) is 3.69. The van der Waals surface area contributed by atoms with Crippen molar-refractivity contribution in [2.24, 2.45) is 0 Å². The summed E-state index contributed by atoms with van der Waals surface area (Å²) in [6, 6.07) is 12.1. The number of piperazine rings is 1. The molecular formula is C18H30N2. The van der Waals surface area contributed by atoms with Crippen LogP contribution in [-0.4, -0.2) is 35.6 Å². The van der Waals surface area contributed by atoms with Crippen LogP contribution in [0.25, 0.3) is 0 Å². The molecule has 2 rings (SSSR count). The van der Waals surface area contributed by atoms with Gasteiger partial charge >= 0.3 is 0 Å². The highest BCUT2D eigenvalue weighted by Crippen LogP contribution is 2.24. The summed E-state index contributed by atoms with van der Waals surface area (Å²) in [4.78, 5) is 2.71. The van der Waals surface area contributed by atoms with Crippen LogP contribution in [0.5, 0.6) is 0 Å². The first-order valence-corrected chi connectivity index (χ1v) is 8.07. The van der Waals surface area contributed by atoms with Crippen molar-refractivity contribution in [1.29, 1.82) is 0 Å². The zero-order chi connectivity index (χ0) is 14.6. The lowest BCUT2D eigenvalue weighted by molar-refractivity contribution is 0.0280. The second kappa shape index (κ2) is 6.73. The van der Waals surface area contributed by atoms with Gasteiger partial charge in [-0.2, -0.15) is 0 Å². The molecular weight excluding hydrogens is 244 g/mol. The number of nitrogens with one attached hydrogen (secondary N) is 1. The first-order chi connectivity index (χ1) is 9.53. The fourth-order valence-electron chi connectivity index (χ4n) is 3.43. The van der Waals surface area contributed by atoms with Crippen LogP contribution < -0.4 is 5.32 Å². The van der Waals surface area contributed by atoms with Gasteiger partial charge in [-0.05, 0) is 39.2 Å². The normalized spacial score (nSPS) is 24.5.